The first-order valence-corrected chi connectivity index (χ1v) is 34.1. The first-order valence-electron chi connectivity index (χ1n) is 34.1. The third kappa shape index (κ3) is 65.9. The summed E-state index contributed by atoms with van der Waals surface area (Å²) in [5, 5.41) is 20.7. The van der Waals surface area contributed by atoms with Crippen molar-refractivity contribution in [3.05, 3.63) is 0 Å². The molecular formula is C68H138O3. The molecule has 0 heterocycles. The molecule has 71 heavy (non-hydrogen) atoms. The first-order chi connectivity index (χ1) is 35.2. The minimum atomic E-state index is -0.0440. The first kappa shape index (κ1) is 70.9. The van der Waals surface area contributed by atoms with E-state index in [1.807, 2.05) is 0 Å². The predicted molar refractivity (Wildman–Crippen MR) is 320 cm³/mol. The Hall–Kier alpha value is -0.120. The molecule has 0 radical (unpaired) electrons. The fourth-order valence-corrected chi connectivity index (χ4v) is 11.3. The van der Waals surface area contributed by atoms with E-state index in [1.165, 1.54) is 372 Å². The molecule has 0 aromatic heterocycles. The molecule has 2 N–H and O–H groups in total. The highest BCUT2D eigenvalue weighted by Gasteiger charge is 2.06. The fraction of sp³-hybridized carbons (Fsp3) is 1.00. The summed E-state index contributed by atoms with van der Waals surface area (Å²) in [5.41, 5.74) is 0. The Bertz CT molecular complexity index is 821. The lowest BCUT2D eigenvalue weighted by molar-refractivity contribution is 0.125. The zero-order valence-corrected chi connectivity index (χ0v) is 49.7. The molecule has 0 fully saturated rings. The maximum absolute atomic E-state index is 10.4. The molecule has 0 saturated heterocycles. The van der Waals surface area contributed by atoms with Crippen molar-refractivity contribution in [1.29, 1.82) is 0 Å². The van der Waals surface area contributed by atoms with Crippen molar-refractivity contribution in [2.75, 3.05) is 13.2 Å². The number of hydrogen-bond acceptors (Lipinski definition) is 3. The molecule has 0 rings (SSSR count). The van der Waals surface area contributed by atoms with E-state index in [1.54, 1.807) is 0 Å². The van der Waals surface area contributed by atoms with Gasteiger partial charge in [-0.05, 0) is 38.5 Å². The Balaban J connectivity index is 3.15. The zero-order chi connectivity index (χ0) is 51.1. The predicted octanol–water partition coefficient (Wildman–Crippen LogP) is 24.0. The highest BCUT2D eigenvalue weighted by Crippen LogP contribution is 2.20. The molecule has 0 saturated carbocycles. The van der Waals surface area contributed by atoms with Crippen molar-refractivity contribution >= 4 is 0 Å². The molecule has 0 amide bonds. The van der Waals surface area contributed by atoms with Crippen LogP contribution in [-0.2, 0) is 4.74 Å². The standard InChI is InChI=1S/C68H138O3/c1-3-5-7-9-11-13-15-31-37-43-49-55-61-67(69)63-57-51-45-39-33-27-23-19-17-21-25-29-35-41-47-53-59-65-71-66-60-54-48-42-36-30-26-22-18-20-24-28-34-40-46-52-58-64-68(70)62-56-50-44-38-32-16-14-12-10-8-6-4-2/h67-70H,3-66H2,1-2H3. The SMILES string of the molecule is CCCCCCCCCCCCCCC(O)CCCCCCCCCCCCCCCCCCCOCCCCCCCCCCCCCCCCCCCC(O)CCCCCCCCCCCCCC. The van der Waals surface area contributed by atoms with Crippen molar-refractivity contribution in [2.24, 2.45) is 0 Å². The van der Waals surface area contributed by atoms with Crippen LogP contribution in [0.3, 0.4) is 0 Å². The van der Waals surface area contributed by atoms with Crippen LogP contribution in [0.1, 0.15) is 412 Å². The van der Waals surface area contributed by atoms with Gasteiger partial charge in [-0.25, -0.2) is 0 Å². The van der Waals surface area contributed by atoms with Gasteiger partial charge in [0.2, 0.25) is 0 Å². The Labute approximate surface area is 450 Å². The molecule has 428 valence electrons. The number of ether oxygens (including phenoxy) is 1. The molecule has 3 heteroatoms. The summed E-state index contributed by atoms with van der Waals surface area (Å²) in [4.78, 5) is 0. The van der Waals surface area contributed by atoms with Gasteiger partial charge in [0.1, 0.15) is 0 Å². The van der Waals surface area contributed by atoms with E-state index < -0.39 is 0 Å². The van der Waals surface area contributed by atoms with E-state index in [-0.39, 0.29) is 12.2 Å². The van der Waals surface area contributed by atoms with Gasteiger partial charge in [0.15, 0.2) is 0 Å². The van der Waals surface area contributed by atoms with Gasteiger partial charge >= 0.3 is 0 Å². The van der Waals surface area contributed by atoms with Crippen molar-refractivity contribution in [1.82, 2.24) is 0 Å². The highest BCUT2D eigenvalue weighted by molar-refractivity contribution is 4.60. The van der Waals surface area contributed by atoms with E-state index in [0.29, 0.717) is 0 Å². The van der Waals surface area contributed by atoms with Gasteiger partial charge in [-0.15, -0.1) is 0 Å². The average molecular weight is 1000 g/mol. The summed E-state index contributed by atoms with van der Waals surface area (Å²) in [6.07, 6.45) is 84.9. The normalized spacial score (nSPS) is 12.7. The van der Waals surface area contributed by atoms with Crippen LogP contribution in [0.5, 0.6) is 0 Å². The summed E-state index contributed by atoms with van der Waals surface area (Å²) < 4.78 is 5.96. The largest absolute Gasteiger partial charge is 0.393 e. The van der Waals surface area contributed by atoms with Crippen LogP contribution in [0.2, 0.25) is 0 Å². The topological polar surface area (TPSA) is 49.7 Å². The van der Waals surface area contributed by atoms with Crippen LogP contribution in [0.15, 0.2) is 0 Å². The minimum Gasteiger partial charge on any atom is -0.393 e. The van der Waals surface area contributed by atoms with Crippen LogP contribution in [0, 0.1) is 0 Å². The van der Waals surface area contributed by atoms with Gasteiger partial charge in [0.05, 0.1) is 12.2 Å². The van der Waals surface area contributed by atoms with E-state index in [4.69, 9.17) is 4.74 Å². The summed E-state index contributed by atoms with van der Waals surface area (Å²) in [5.74, 6) is 0. The summed E-state index contributed by atoms with van der Waals surface area (Å²) in [7, 11) is 0. The summed E-state index contributed by atoms with van der Waals surface area (Å²) >= 11 is 0. The summed E-state index contributed by atoms with van der Waals surface area (Å²) in [6, 6.07) is 0. The number of rotatable bonds is 66. The van der Waals surface area contributed by atoms with E-state index in [9.17, 15) is 10.2 Å². The van der Waals surface area contributed by atoms with Crippen LogP contribution >= 0.6 is 0 Å². The van der Waals surface area contributed by atoms with E-state index >= 15 is 0 Å². The third-order valence-corrected chi connectivity index (χ3v) is 16.4. The van der Waals surface area contributed by atoms with Gasteiger partial charge in [-0.1, -0.05) is 373 Å². The molecule has 0 aliphatic carbocycles. The van der Waals surface area contributed by atoms with Crippen molar-refractivity contribution in [3.63, 3.8) is 0 Å². The molecule has 0 aliphatic heterocycles. The lowest BCUT2D eigenvalue weighted by atomic mass is 10.0. The number of aliphatic hydroxyl groups excluding tert-OH is 2. The lowest BCUT2D eigenvalue weighted by Crippen LogP contribution is -2.05. The molecule has 3 nitrogen and oxygen atoms in total. The average Bonchev–Trinajstić information content (AvgIpc) is 3.37. The van der Waals surface area contributed by atoms with Crippen LogP contribution in [-0.4, -0.2) is 35.6 Å². The molecule has 0 spiro atoms. The van der Waals surface area contributed by atoms with Crippen molar-refractivity contribution < 1.29 is 14.9 Å². The molecule has 0 aromatic rings. The molecule has 0 aliphatic rings. The van der Waals surface area contributed by atoms with E-state index in [2.05, 4.69) is 13.8 Å². The Kier molecular flexibility index (Phi) is 65.9. The molecule has 2 atom stereocenters. The second kappa shape index (κ2) is 66.0. The Morgan fingerprint density at radius 2 is 0.310 bits per heavy atom. The molecule has 0 bridgehead atoms. The third-order valence-electron chi connectivity index (χ3n) is 16.4. The van der Waals surface area contributed by atoms with Gasteiger partial charge < -0.3 is 14.9 Å². The lowest BCUT2D eigenvalue weighted by Gasteiger charge is -2.10. The second-order valence-electron chi connectivity index (χ2n) is 23.9. The molecule has 2 unspecified atom stereocenters. The van der Waals surface area contributed by atoms with Crippen LogP contribution in [0.25, 0.3) is 0 Å². The van der Waals surface area contributed by atoms with Gasteiger partial charge in [-0.2, -0.15) is 0 Å². The van der Waals surface area contributed by atoms with Gasteiger partial charge in [0.25, 0.3) is 0 Å². The van der Waals surface area contributed by atoms with Crippen molar-refractivity contribution in [3.8, 4) is 0 Å². The van der Waals surface area contributed by atoms with E-state index in [0.717, 1.165) is 38.9 Å². The zero-order valence-electron chi connectivity index (χ0n) is 49.7. The number of unbranched alkanes of at least 4 members (excludes halogenated alkanes) is 54. The number of aliphatic hydroxyl groups is 2. The fourth-order valence-electron chi connectivity index (χ4n) is 11.3. The maximum Gasteiger partial charge on any atom is 0.0540 e. The smallest absolute Gasteiger partial charge is 0.0540 e. The molecular weight excluding hydrogens is 865 g/mol. The monoisotopic (exact) mass is 1000 g/mol. The van der Waals surface area contributed by atoms with Crippen LogP contribution < -0.4 is 0 Å². The second-order valence-corrected chi connectivity index (χ2v) is 23.9. The molecule has 0 aromatic carbocycles. The van der Waals surface area contributed by atoms with Crippen molar-refractivity contribution in [2.45, 2.75) is 424 Å². The number of hydrogen-bond donors (Lipinski definition) is 2. The van der Waals surface area contributed by atoms with Crippen LogP contribution in [0.4, 0.5) is 0 Å². The maximum atomic E-state index is 10.4. The van der Waals surface area contributed by atoms with Gasteiger partial charge in [-0.3, -0.25) is 0 Å². The Morgan fingerprint density at radius 1 is 0.183 bits per heavy atom. The van der Waals surface area contributed by atoms with Gasteiger partial charge in [0, 0.05) is 13.2 Å². The summed E-state index contributed by atoms with van der Waals surface area (Å²) in [6.45, 7) is 6.56. The Morgan fingerprint density at radius 3 is 0.465 bits per heavy atom. The highest BCUT2D eigenvalue weighted by atomic mass is 16.5. The minimum absolute atomic E-state index is 0.0440. The quantitative estimate of drug-likeness (QED) is 0.0597.